The van der Waals surface area contributed by atoms with Crippen LogP contribution in [0.15, 0.2) is 72.8 Å². The standard InChI is InChI=1S/C17H18NO5P/c1-14(2)17(19)21-18(3)24(20,22-15-10-6-4-7-11-15)23-16-12-8-5-9-13-16/h4-13H,1H2,2-3H3. The first-order valence-corrected chi connectivity index (χ1v) is 8.61. The average molecular weight is 347 g/mol. The molecule has 0 saturated heterocycles. The number of hydrogen-bond donors (Lipinski definition) is 0. The molecule has 0 N–H and O–H groups in total. The number of rotatable bonds is 7. The second kappa shape index (κ2) is 7.81. The normalized spacial score (nSPS) is 11.0. The monoisotopic (exact) mass is 347 g/mol. The van der Waals surface area contributed by atoms with E-state index in [-0.39, 0.29) is 5.57 Å². The van der Waals surface area contributed by atoms with E-state index in [9.17, 15) is 9.36 Å². The van der Waals surface area contributed by atoms with Gasteiger partial charge in [0.25, 0.3) is 0 Å². The van der Waals surface area contributed by atoms with E-state index in [2.05, 4.69) is 6.58 Å². The average Bonchev–Trinajstić information content (AvgIpc) is 2.56. The van der Waals surface area contributed by atoms with E-state index >= 15 is 0 Å². The maximum Gasteiger partial charge on any atom is 0.548 e. The lowest BCUT2D eigenvalue weighted by atomic mass is 10.3. The third-order valence-corrected chi connectivity index (χ3v) is 4.49. The molecule has 7 heteroatoms. The highest BCUT2D eigenvalue weighted by Crippen LogP contribution is 2.51. The highest BCUT2D eigenvalue weighted by molar-refractivity contribution is 7.51. The van der Waals surface area contributed by atoms with Gasteiger partial charge in [-0.3, -0.25) is 0 Å². The van der Waals surface area contributed by atoms with Gasteiger partial charge in [-0.1, -0.05) is 43.0 Å². The van der Waals surface area contributed by atoms with Gasteiger partial charge in [-0.2, -0.15) is 0 Å². The molecule has 2 aromatic rings. The molecule has 0 atom stereocenters. The second-order valence-corrected chi connectivity index (χ2v) is 6.77. The Morgan fingerprint density at radius 2 is 1.38 bits per heavy atom. The van der Waals surface area contributed by atoms with Crippen molar-refractivity contribution in [3.8, 4) is 11.5 Å². The van der Waals surface area contributed by atoms with Crippen LogP contribution in [0.1, 0.15) is 6.92 Å². The number of carbonyl (C=O) groups is 1. The second-order valence-electron chi connectivity index (χ2n) is 4.90. The number of hydrogen-bond acceptors (Lipinski definition) is 5. The third kappa shape index (κ3) is 4.72. The van der Waals surface area contributed by atoms with Gasteiger partial charge >= 0.3 is 13.7 Å². The summed E-state index contributed by atoms with van der Waals surface area (Å²) in [6.07, 6.45) is 0. The van der Waals surface area contributed by atoms with E-state index < -0.39 is 13.7 Å². The van der Waals surface area contributed by atoms with Crippen molar-refractivity contribution in [3.05, 3.63) is 72.8 Å². The summed E-state index contributed by atoms with van der Waals surface area (Å²) in [5.41, 5.74) is 0.160. The number of carbonyl (C=O) groups excluding carboxylic acids is 1. The van der Waals surface area contributed by atoms with Crippen LogP contribution in [0.4, 0.5) is 0 Å². The molecular weight excluding hydrogens is 329 g/mol. The molecule has 2 rings (SSSR count). The van der Waals surface area contributed by atoms with E-state index in [0.717, 1.165) is 4.83 Å². The molecule has 0 fully saturated rings. The van der Waals surface area contributed by atoms with Crippen molar-refractivity contribution in [1.82, 2.24) is 4.83 Å². The predicted octanol–water partition coefficient (Wildman–Crippen LogP) is 4.22. The van der Waals surface area contributed by atoms with Crippen molar-refractivity contribution >= 4 is 13.7 Å². The van der Waals surface area contributed by atoms with Crippen LogP contribution in [0.5, 0.6) is 11.5 Å². The van der Waals surface area contributed by atoms with Gasteiger partial charge in [0.05, 0.1) is 0 Å². The Balaban J connectivity index is 2.27. The smallest absolute Gasteiger partial charge is 0.403 e. The minimum absolute atomic E-state index is 0.160. The Labute approximate surface area is 140 Å². The van der Waals surface area contributed by atoms with Gasteiger partial charge in [0.1, 0.15) is 11.5 Å². The summed E-state index contributed by atoms with van der Waals surface area (Å²) in [6.45, 7) is 4.97. The minimum atomic E-state index is -4.00. The molecule has 0 heterocycles. The lowest BCUT2D eigenvalue weighted by Gasteiger charge is -2.25. The van der Waals surface area contributed by atoms with Crippen LogP contribution in [0.25, 0.3) is 0 Å². The summed E-state index contributed by atoms with van der Waals surface area (Å²) in [7, 11) is -2.70. The van der Waals surface area contributed by atoms with Gasteiger partial charge in [-0.15, -0.1) is 0 Å². The SMILES string of the molecule is C=C(C)C(=O)ON(C)P(=O)(Oc1ccccc1)Oc1ccccc1. The fraction of sp³-hybridized carbons (Fsp3) is 0.118. The van der Waals surface area contributed by atoms with Gasteiger partial charge in [-0.25, -0.2) is 9.36 Å². The van der Waals surface area contributed by atoms with Crippen molar-refractivity contribution < 1.29 is 23.2 Å². The quantitative estimate of drug-likeness (QED) is 0.424. The maximum absolute atomic E-state index is 13.2. The Hall–Kier alpha value is -2.56. The van der Waals surface area contributed by atoms with Gasteiger partial charge in [-0.05, 0) is 36.0 Å². The molecular formula is C17H18NO5P. The van der Waals surface area contributed by atoms with Gasteiger partial charge in [0, 0.05) is 12.6 Å². The van der Waals surface area contributed by atoms with Crippen LogP contribution < -0.4 is 9.05 Å². The van der Waals surface area contributed by atoms with E-state index in [4.69, 9.17) is 13.9 Å². The molecule has 24 heavy (non-hydrogen) atoms. The summed E-state index contributed by atoms with van der Waals surface area (Å²) in [5.74, 6) is -0.101. The molecule has 0 aliphatic rings. The Morgan fingerprint density at radius 3 is 1.75 bits per heavy atom. The summed E-state index contributed by atoms with van der Waals surface area (Å²) in [4.78, 5) is 17.5. The number of para-hydroxylation sites is 2. The van der Waals surface area contributed by atoms with E-state index in [0.29, 0.717) is 11.5 Å². The first-order chi connectivity index (χ1) is 11.4. The Bertz CT molecular complexity index is 703. The summed E-state index contributed by atoms with van der Waals surface area (Å²) >= 11 is 0. The van der Waals surface area contributed by atoms with Crippen LogP contribution in [0.2, 0.25) is 0 Å². The molecule has 0 saturated carbocycles. The molecule has 0 unspecified atom stereocenters. The Kier molecular flexibility index (Phi) is 5.79. The highest BCUT2D eigenvalue weighted by atomic mass is 31.2. The highest BCUT2D eigenvalue weighted by Gasteiger charge is 2.38. The molecule has 6 nitrogen and oxygen atoms in total. The molecule has 0 spiro atoms. The molecule has 2 aromatic carbocycles. The molecule has 0 bridgehead atoms. The van der Waals surface area contributed by atoms with Crippen molar-refractivity contribution in [1.29, 1.82) is 0 Å². The topological polar surface area (TPSA) is 65.1 Å². The lowest BCUT2D eigenvalue weighted by Crippen LogP contribution is -2.25. The van der Waals surface area contributed by atoms with Crippen molar-refractivity contribution in [2.45, 2.75) is 6.92 Å². The van der Waals surface area contributed by atoms with Gasteiger partial charge in [0.2, 0.25) is 0 Å². The Morgan fingerprint density at radius 1 is 0.958 bits per heavy atom. The fourth-order valence-corrected chi connectivity index (χ4v) is 2.83. The summed E-state index contributed by atoms with van der Waals surface area (Å²) in [5, 5.41) is 0. The lowest BCUT2D eigenvalue weighted by molar-refractivity contribution is -0.163. The minimum Gasteiger partial charge on any atom is -0.403 e. The largest absolute Gasteiger partial charge is 0.548 e. The molecule has 0 radical (unpaired) electrons. The van der Waals surface area contributed by atoms with Gasteiger partial charge in [0.15, 0.2) is 0 Å². The van der Waals surface area contributed by atoms with E-state index in [1.807, 2.05) is 0 Å². The zero-order chi connectivity index (χ0) is 17.6. The molecule has 126 valence electrons. The van der Waals surface area contributed by atoms with Crippen LogP contribution >= 0.6 is 7.75 Å². The number of nitrogens with zero attached hydrogens (tertiary/aromatic N) is 1. The van der Waals surface area contributed by atoms with E-state index in [1.54, 1.807) is 60.7 Å². The summed E-state index contributed by atoms with van der Waals surface area (Å²) < 4.78 is 24.2. The zero-order valence-corrected chi connectivity index (χ0v) is 14.3. The van der Waals surface area contributed by atoms with E-state index in [1.165, 1.54) is 14.0 Å². The van der Waals surface area contributed by atoms with Crippen LogP contribution in [0.3, 0.4) is 0 Å². The molecule has 0 amide bonds. The van der Waals surface area contributed by atoms with Crippen molar-refractivity contribution in [2.24, 2.45) is 0 Å². The van der Waals surface area contributed by atoms with Crippen LogP contribution in [0, 0.1) is 0 Å². The number of hydroxylamine groups is 1. The zero-order valence-electron chi connectivity index (χ0n) is 13.4. The van der Waals surface area contributed by atoms with Crippen LogP contribution in [-0.2, 0) is 14.2 Å². The van der Waals surface area contributed by atoms with Crippen molar-refractivity contribution in [2.75, 3.05) is 7.05 Å². The maximum atomic E-state index is 13.2. The first kappa shape index (κ1) is 17.8. The molecule has 0 aromatic heterocycles. The molecule has 0 aliphatic heterocycles. The van der Waals surface area contributed by atoms with Crippen LogP contribution in [-0.4, -0.2) is 17.9 Å². The van der Waals surface area contributed by atoms with Gasteiger partial charge < -0.3 is 13.9 Å². The summed E-state index contributed by atoms with van der Waals surface area (Å²) in [6, 6.07) is 17.0. The fourth-order valence-electron chi connectivity index (χ4n) is 1.61. The molecule has 0 aliphatic carbocycles. The van der Waals surface area contributed by atoms with Crippen molar-refractivity contribution in [3.63, 3.8) is 0 Å². The predicted molar refractivity (Wildman–Crippen MR) is 90.4 cm³/mol. The third-order valence-electron chi connectivity index (χ3n) is 2.84. The first-order valence-electron chi connectivity index (χ1n) is 7.12. The number of benzene rings is 2.